The Labute approximate surface area is 187 Å². The van der Waals surface area contributed by atoms with E-state index in [1.807, 2.05) is 6.92 Å². The minimum atomic E-state index is -3.24. The third kappa shape index (κ3) is 17.2. The standard InChI is InChI=1S/C21H46N2O2S.HI/c1-6-9-10-11-12-13-14-15-16-20-26(24,25)22-21(4)18-17-19-23(5,7-2)8-3;/h21H,6-20H2,1-5H3;1H. The minimum Gasteiger partial charge on any atom is -0.546 e. The highest BCUT2D eigenvalue weighted by Gasteiger charge is 2.15. The van der Waals surface area contributed by atoms with Crippen molar-refractivity contribution in [2.24, 2.45) is 0 Å². The van der Waals surface area contributed by atoms with Crippen molar-refractivity contribution >= 4 is 34.0 Å². The van der Waals surface area contributed by atoms with E-state index in [1.54, 1.807) is 0 Å². The Kier molecular flexibility index (Phi) is 19.3. The van der Waals surface area contributed by atoms with Gasteiger partial charge in [0.1, 0.15) is 0 Å². The average molecular weight is 519 g/mol. The van der Waals surface area contributed by atoms with Crippen molar-refractivity contribution in [1.82, 2.24) is 0 Å². The molecule has 0 aliphatic carbocycles. The van der Waals surface area contributed by atoms with Crippen molar-refractivity contribution in [2.75, 3.05) is 32.4 Å². The molecule has 0 aromatic carbocycles. The zero-order valence-electron chi connectivity index (χ0n) is 18.7. The molecule has 0 rings (SSSR count). The van der Waals surface area contributed by atoms with Crippen LogP contribution in [-0.4, -0.2) is 51.4 Å². The van der Waals surface area contributed by atoms with Crippen LogP contribution in [0, 0.1) is 0 Å². The molecular weight excluding hydrogens is 471 g/mol. The quantitative estimate of drug-likeness (QED) is 0.118. The molecule has 0 radical (unpaired) electrons. The predicted octanol–water partition coefficient (Wildman–Crippen LogP) is 6.49. The Balaban J connectivity index is 0. The number of halogens is 1. The van der Waals surface area contributed by atoms with Crippen LogP contribution in [0.15, 0.2) is 0 Å². The molecule has 27 heavy (non-hydrogen) atoms. The first-order valence-corrected chi connectivity index (χ1v) is 12.7. The topological polar surface area (TPSA) is 48.2 Å². The van der Waals surface area contributed by atoms with Gasteiger partial charge in [0.2, 0.25) is 0 Å². The molecule has 0 aliphatic rings. The minimum absolute atomic E-state index is 0. The summed E-state index contributed by atoms with van der Waals surface area (Å²) in [6, 6.07) is -0.0827. The largest absolute Gasteiger partial charge is 0.546 e. The van der Waals surface area contributed by atoms with Crippen LogP contribution in [-0.2, 0) is 10.0 Å². The van der Waals surface area contributed by atoms with Crippen LogP contribution in [0.5, 0.6) is 0 Å². The Morgan fingerprint density at radius 1 is 0.815 bits per heavy atom. The van der Waals surface area contributed by atoms with Gasteiger partial charge in [0.15, 0.2) is 0 Å². The van der Waals surface area contributed by atoms with Gasteiger partial charge in [-0.3, -0.25) is 0 Å². The van der Waals surface area contributed by atoms with Gasteiger partial charge >= 0.3 is 0 Å². The molecule has 6 heteroatoms. The third-order valence-corrected chi connectivity index (χ3v) is 7.18. The molecule has 0 aromatic heterocycles. The molecule has 0 aromatic rings. The summed E-state index contributed by atoms with van der Waals surface area (Å²) in [6.45, 7) is 12.0. The van der Waals surface area contributed by atoms with E-state index in [2.05, 4.69) is 32.5 Å². The second kappa shape index (κ2) is 17.5. The zero-order chi connectivity index (χ0) is 19.9. The molecular formula is C21H47IN2O2S. The number of nitrogens with zero attached hydrogens (tertiary/aromatic N) is 2. The summed E-state index contributed by atoms with van der Waals surface area (Å²) in [5.74, 6) is 0.227. The highest BCUT2D eigenvalue weighted by molar-refractivity contribution is 14.0. The number of quaternary nitrogens is 1. The Morgan fingerprint density at radius 2 is 1.30 bits per heavy atom. The van der Waals surface area contributed by atoms with E-state index in [0.717, 1.165) is 56.2 Å². The van der Waals surface area contributed by atoms with Crippen LogP contribution in [0.2, 0.25) is 0 Å². The summed E-state index contributed by atoms with van der Waals surface area (Å²) in [5, 5.41) is 0. The fraction of sp³-hybridized carbons (Fsp3) is 1.00. The summed E-state index contributed by atoms with van der Waals surface area (Å²) < 4.78 is 29.5. The lowest BCUT2D eigenvalue weighted by Gasteiger charge is -2.34. The molecule has 0 N–H and O–H groups in total. The zero-order valence-corrected chi connectivity index (χ0v) is 21.9. The lowest BCUT2D eigenvalue weighted by Crippen LogP contribution is -2.44. The summed E-state index contributed by atoms with van der Waals surface area (Å²) in [5.41, 5.74) is 0. The molecule has 0 bridgehead atoms. The number of hydrogen-bond acceptors (Lipinski definition) is 2. The fourth-order valence-electron chi connectivity index (χ4n) is 3.28. The summed E-state index contributed by atoms with van der Waals surface area (Å²) in [6.07, 6.45) is 12.7. The summed E-state index contributed by atoms with van der Waals surface area (Å²) in [4.78, 5) is 0. The van der Waals surface area contributed by atoms with Gasteiger partial charge in [0.05, 0.1) is 36.7 Å². The molecule has 0 saturated carbocycles. The van der Waals surface area contributed by atoms with E-state index in [1.165, 1.54) is 38.5 Å². The highest BCUT2D eigenvalue weighted by atomic mass is 127. The lowest BCUT2D eigenvalue weighted by molar-refractivity contribution is -0.906. The van der Waals surface area contributed by atoms with Crippen molar-refractivity contribution in [3.63, 3.8) is 0 Å². The molecule has 4 nitrogen and oxygen atoms in total. The van der Waals surface area contributed by atoms with Gasteiger partial charge in [-0.15, -0.1) is 30.0 Å². The van der Waals surface area contributed by atoms with Gasteiger partial charge in [0.25, 0.3) is 0 Å². The van der Waals surface area contributed by atoms with Crippen LogP contribution < -0.4 is 0 Å². The first kappa shape index (κ1) is 29.8. The molecule has 0 heterocycles. The molecule has 0 fully saturated rings. The Hall–Kier alpha value is 0.600. The number of unbranched alkanes of at least 4 members (excludes halogenated alkanes) is 8. The van der Waals surface area contributed by atoms with Gasteiger partial charge in [0, 0.05) is 5.75 Å². The first-order valence-electron chi connectivity index (χ1n) is 11.1. The monoisotopic (exact) mass is 518 g/mol. The van der Waals surface area contributed by atoms with E-state index in [0.29, 0.717) is 0 Å². The normalized spacial score (nSPS) is 13.4. The van der Waals surface area contributed by atoms with Crippen molar-refractivity contribution in [1.29, 1.82) is 0 Å². The second-order valence-corrected chi connectivity index (χ2v) is 9.97. The third-order valence-electron chi connectivity index (χ3n) is 5.69. The number of rotatable bonds is 18. The molecule has 0 aliphatic heterocycles. The maximum atomic E-state index is 12.1. The van der Waals surface area contributed by atoms with Gasteiger partial charge in [-0.05, 0) is 26.7 Å². The SMILES string of the molecule is CCCCCCCCCCCS(=O)(=O)[N-]C(C)CCC[N+](C)(CC)CC.I. The van der Waals surface area contributed by atoms with Crippen LogP contribution in [0.3, 0.4) is 0 Å². The molecule has 166 valence electrons. The Morgan fingerprint density at radius 3 is 1.78 bits per heavy atom. The van der Waals surface area contributed by atoms with Crippen LogP contribution >= 0.6 is 24.0 Å². The average Bonchev–Trinajstić information content (AvgIpc) is 2.59. The highest BCUT2D eigenvalue weighted by Crippen LogP contribution is 2.17. The molecule has 0 spiro atoms. The van der Waals surface area contributed by atoms with E-state index in [-0.39, 0.29) is 35.8 Å². The van der Waals surface area contributed by atoms with Gasteiger partial charge in [-0.2, -0.15) is 0 Å². The Bertz CT molecular complexity index is 426. The van der Waals surface area contributed by atoms with E-state index in [4.69, 9.17) is 0 Å². The van der Waals surface area contributed by atoms with E-state index >= 15 is 0 Å². The maximum Gasteiger partial charge on any atom is 0.0783 e. The van der Waals surface area contributed by atoms with Crippen molar-refractivity contribution in [3.05, 3.63) is 4.72 Å². The van der Waals surface area contributed by atoms with Gasteiger partial charge in [-0.25, -0.2) is 8.42 Å². The van der Waals surface area contributed by atoms with Crippen molar-refractivity contribution in [3.8, 4) is 0 Å². The van der Waals surface area contributed by atoms with Crippen LogP contribution in [0.1, 0.15) is 98.3 Å². The lowest BCUT2D eigenvalue weighted by atomic mass is 10.1. The number of sulfonamides is 1. The van der Waals surface area contributed by atoms with E-state index in [9.17, 15) is 8.42 Å². The fourth-order valence-corrected chi connectivity index (χ4v) is 4.61. The number of hydrogen-bond donors (Lipinski definition) is 0. The molecule has 0 saturated heterocycles. The predicted molar refractivity (Wildman–Crippen MR) is 131 cm³/mol. The van der Waals surface area contributed by atoms with Crippen molar-refractivity contribution in [2.45, 2.75) is 104 Å². The van der Waals surface area contributed by atoms with Crippen LogP contribution in [0.4, 0.5) is 0 Å². The summed E-state index contributed by atoms with van der Waals surface area (Å²) >= 11 is 0. The second-order valence-electron chi connectivity index (χ2n) is 8.19. The van der Waals surface area contributed by atoms with E-state index < -0.39 is 10.0 Å². The molecule has 0 amide bonds. The van der Waals surface area contributed by atoms with Gasteiger partial charge < -0.3 is 9.21 Å². The van der Waals surface area contributed by atoms with Crippen molar-refractivity contribution < 1.29 is 12.9 Å². The molecule has 1 atom stereocenters. The smallest absolute Gasteiger partial charge is 0.0783 e. The van der Waals surface area contributed by atoms with Gasteiger partial charge in [-0.1, -0.05) is 71.6 Å². The summed E-state index contributed by atoms with van der Waals surface area (Å²) in [7, 11) is -0.976. The van der Waals surface area contributed by atoms with Crippen LogP contribution in [0.25, 0.3) is 4.72 Å². The molecule has 1 unspecified atom stereocenters. The maximum absolute atomic E-state index is 12.1. The first-order chi connectivity index (χ1) is 12.3.